The molecule has 1 aliphatic heterocycles. The van der Waals surface area contributed by atoms with Gasteiger partial charge in [-0.15, -0.1) is 0 Å². The fourth-order valence-electron chi connectivity index (χ4n) is 3.04. The fraction of sp³-hybridized carbons (Fsp3) is 0.933. The summed E-state index contributed by atoms with van der Waals surface area (Å²) in [7, 11) is 4.14. The van der Waals surface area contributed by atoms with Crippen LogP contribution in [0.15, 0.2) is 0 Å². The van der Waals surface area contributed by atoms with Gasteiger partial charge in [0.2, 0.25) is 5.91 Å². The molecular weight excluding hydrogens is 238 g/mol. The zero-order valence-electron chi connectivity index (χ0n) is 13.3. The van der Waals surface area contributed by atoms with E-state index >= 15 is 0 Å². The molecule has 1 amide bonds. The molecule has 4 heteroatoms. The zero-order valence-corrected chi connectivity index (χ0v) is 13.3. The minimum Gasteiger partial charge on any atom is -0.355 e. The summed E-state index contributed by atoms with van der Waals surface area (Å²) in [6.07, 6.45) is 3.03. The second kappa shape index (κ2) is 6.71. The normalized spacial score (nSPS) is 24.5. The van der Waals surface area contributed by atoms with Gasteiger partial charge in [-0.1, -0.05) is 20.8 Å². The topological polar surface area (TPSA) is 44.4 Å². The second-order valence-corrected chi connectivity index (χ2v) is 7.00. The van der Waals surface area contributed by atoms with Crippen LogP contribution >= 0.6 is 0 Å². The number of nitrogens with zero attached hydrogens (tertiary/aromatic N) is 1. The highest BCUT2D eigenvalue weighted by Gasteiger charge is 2.38. The Morgan fingerprint density at radius 2 is 2.11 bits per heavy atom. The predicted molar refractivity (Wildman–Crippen MR) is 80.2 cm³/mol. The number of hydrogen-bond acceptors (Lipinski definition) is 3. The van der Waals surface area contributed by atoms with Gasteiger partial charge in [-0.05, 0) is 45.3 Å². The molecule has 1 unspecified atom stereocenters. The number of carbonyl (C=O) groups is 1. The molecular formula is C15H31N3O. The number of hydrogen-bond donors (Lipinski definition) is 2. The maximum atomic E-state index is 12.5. The van der Waals surface area contributed by atoms with Gasteiger partial charge in [-0.3, -0.25) is 4.79 Å². The van der Waals surface area contributed by atoms with E-state index in [-0.39, 0.29) is 16.7 Å². The average molecular weight is 269 g/mol. The molecule has 1 rings (SSSR count). The van der Waals surface area contributed by atoms with E-state index in [2.05, 4.69) is 50.4 Å². The van der Waals surface area contributed by atoms with Crippen LogP contribution in [-0.2, 0) is 4.79 Å². The van der Waals surface area contributed by atoms with Crippen molar-refractivity contribution in [2.75, 3.05) is 40.3 Å². The molecule has 2 N–H and O–H groups in total. The van der Waals surface area contributed by atoms with Crippen molar-refractivity contribution in [1.82, 2.24) is 15.5 Å². The lowest BCUT2D eigenvalue weighted by atomic mass is 9.77. The first-order valence-corrected chi connectivity index (χ1v) is 7.45. The molecule has 1 saturated heterocycles. The number of nitrogens with one attached hydrogen (secondary N) is 2. The average Bonchev–Trinajstić information content (AvgIpc) is 2.35. The predicted octanol–water partition coefficient (Wildman–Crippen LogP) is 1.47. The molecule has 0 saturated carbocycles. The SMILES string of the molecule is CCC1(C(=O)NCC(C)(C)CN(C)C)CCCNC1. The first kappa shape index (κ1) is 16.4. The third-order valence-electron chi connectivity index (χ3n) is 4.10. The van der Waals surface area contributed by atoms with Crippen molar-refractivity contribution < 1.29 is 4.79 Å². The first-order valence-electron chi connectivity index (χ1n) is 7.45. The summed E-state index contributed by atoms with van der Waals surface area (Å²) in [4.78, 5) is 14.7. The van der Waals surface area contributed by atoms with Gasteiger partial charge in [0.1, 0.15) is 0 Å². The van der Waals surface area contributed by atoms with Crippen LogP contribution in [0, 0.1) is 10.8 Å². The van der Waals surface area contributed by atoms with Gasteiger partial charge in [-0.25, -0.2) is 0 Å². The third kappa shape index (κ3) is 4.77. The first-order chi connectivity index (χ1) is 8.81. The lowest BCUT2D eigenvalue weighted by Crippen LogP contribution is -2.52. The van der Waals surface area contributed by atoms with Crippen LogP contribution in [0.25, 0.3) is 0 Å². The summed E-state index contributed by atoms with van der Waals surface area (Å²) in [6, 6.07) is 0. The number of carbonyl (C=O) groups excluding carboxylic acids is 1. The van der Waals surface area contributed by atoms with Crippen molar-refractivity contribution in [1.29, 1.82) is 0 Å². The third-order valence-corrected chi connectivity index (χ3v) is 4.10. The molecule has 1 atom stereocenters. The van der Waals surface area contributed by atoms with Crippen LogP contribution in [0.2, 0.25) is 0 Å². The van der Waals surface area contributed by atoms with Crippen molar-refractivity contribution in [2.45, 2.75) is 40.0 Å². The highest BCUT2D eigenvalue weighted by molar-refractivity contribution is 5.83. The monoisotopic (exact) mass is 269 g/mol. The van der Waals surface area contributed by atoms with Crippen LogP contribution in [0.5, 0.6) is 0 Å². The van der Waals surface area contributed by atoms with E-state index in [0.717, 1.165) is 45.4 Å². The molecule has 1 fully saturated rings. The Balaban J connectivity index is 2.53. The molecule has 0 spiro atoms. The highest BCUT2D eigenvalue weighted by atomic mass is 16.2. The molecule has 19 heavy (non-hydrogen) atoms. The van der Waals surface area contributed by atoms with Crippen LogP contribution in [-0.4, -0.2) is 51.1 Å². The van der Waals surface area contributed by atoms with Crippen LogP contribution in [0.3, 0.4) is 0 Å². The van der Waals surface area contributed by atoms with Gasteiger partial charge in [0.05, 0.1) is 5.41 Å². The molecule has 1 heterocycles. The van der Waals surface area contributed by atoms with Gasteiger partial charge >= 0.3 is 0 Å². The molecule has 4 nitrogen and oxygen atoms in total. The maximum absolute atomic E-state index is 12.5. The molecule has 0 aromatic rings. The molecule has 1 aliphatic rings. The Hall–Kier alpha value is -0.610. The zero-order chi connectivity index (χ0) is 14.5. The van der Waals surface area contributed by atoms with Crippen molar-refractivity contribution in [2.24, 2.45) is 10.8 Å². The van der Waals surface area contributed by atoms with Gasteiger partial charge in [-0.2, -0.15) is 0 Å². The molecule has 0 aromatic carbocycles. The summed E-state index contributed by atoms with van der Waals surface area (Å²) < 4.78 is 0. The summed E-state index contributed by atoms with van der Waals surface area (Å²) >= 11 is 0. The van der Waals surface area contributed by atoms with Gasteiger partial charge < -0.3 is 15.5 Å². The van der Waals surface area contributed by atoms with Crippen LogP contribution in [0.4, 0.5) is 0 Å². The van der Waals surface area contributed by atoms with Gasteiger partial charge in [0.15, 0.2) is 0 Å². The summed E-state index contributed by atoms with van der Waals surface area (Å²) in [5.41, 5.74) is -0.0807. The van der Waals surface area contributed by atoms with E-state index in [4.69, 9.17) is 0 Å². The molecule has 0 bridgehead atoms. The van der Waals surface area contributed by atoms with Crippen molar-refractivity contribution in [3.63, 3.8) is 0 Å². The van der Waals surface area contributed by atoms with E-state index in [1.165, 1.54) is 0 Å². The van der Waals surface area contributed by atoms with Gasteiger partial charge in [0.25, 0.3) is 0 Å². The highest BCUT2D eigenvalue weighted by Crippen LogP contribution is 2.30. The molecule has 0 radical (unpaired) electrons. The lowest BCUT2D eigenvalue weighted by molar-refractivity contribution is -0.132. The standard InChI is InChI=1S/C15H31N3O/c1-6-15(8-7-9-16-11-15)13(19)17-10-14(2,3)12-18(4)5/h16H,6-12H2,1-5H3,(H,17,19). The summed E-state index contributed by atoms with van der Waals surface area (Å²) in [5, 5.41) is 6.55. The lowest BCUT2D eigenvalue weighted by Gasteiger charge is -2.37. The van der Waals surface area contributed by atoms with Crippen molar-refractivity contribution >= 4 is 5.91 Å². The van der Waals surface area contributed by atoms with E-state index < -0.39 is 0 Å². The molecule has 0 aromatic heterocycles. The Morgan fingerprint density at radius 1 is 1.42 bits per heavy atom. The minimum atomic E-state index is -0.188. The van der Waals surface area contributed by atoms with Crippen molar-refractivity contribution in [3.8, 4) is 0 Å². The Morgan fingerprint density at radius 3 is 2.58 bits per heavy atom. The van der Waals surface area contributed by atoms with E-state index in [1.807, 2.05) is 0 Å². The van der Waals surface area contributed by atoms with E-state index in [1.54, 1.807) is 0 Å². The number of rotatable bonds is 6. The molecule has 0 aliphatic carbocycles. The smallest absolute Gasteiger partial charge is 0.227 e. The minimum absolute atomic E-state index is 0.107. The number of piperidine rings is 1. The number of amides is 1. The quantitative estimate of drug-likeness (QED) is 0.767. The Bertz CT molecular complexity index is 294. The Kier molecular flexibility index (Phi) is 5.81. The van der Waals surface area contributed by atoms with Crippen LogP contribution < -0.4 is 10.6 Å². The Labute approximate surface area is 118 Å². The summed E-state index contributed by atoms with van der Waals surface area (Å²) in [5.74, 6) is 0.231. The van der Waals surface area contributed by atoms with Crippen molar-refractivity contribution in [3.05, 3.63) is 0 Å². The van der Waals surface area contributed by atoms with E-state index in [9.17, 15) is 4.79 Å². The van der Waals surface area contributed by atoms with E-state index in [0.29, 0.717) is 0 Å². The maximum Gasteiger partial charge on any atom is 0.227 e. The second-order valence-electron chi connectivity index (χ2n) is 7.00. The van der Waals surface area contributed by atoms with Gasteiger partial charge in [0, 0.05) is 19.6 Å². The summed E-state index contributed by atoms with van der Waals surface area (Å²) in [6.45, 7) is 10.1. The van der Waals surface area contributed by atoms with Crippen LogP contribution in [0.1, 0.15) is 40.0 Å². The fourth-order valence-corrected chi connectivity index (χ4v) is 3.04. The molecule has 112 valence electrons. The largest absolute Gasteiger partial charge is 0.355 e.